The van der Waals surface area contributed by atoms with Crippen LogP contribution in [0, 0.1) is 0 Å². The molecule has 2 aliphatic carbocycles. The van der Waals surface area contributed by atoms with Crippen molar-refractivity contribution in [1.82, 2.24) is 9.13 Å². The van der Waals surface area contributed by atoms with Gasteiger partial charge in [0, 0.05) is 32.8 Å². The van der Waals surface area contributed by atoms with Crippen LogP contribution in [0.5, 0.6) is 11.5 Å². The highest BCUT2D eigenvalue weighted by Gasteiger charge is 2.53. The van der Waals surface area contributed by atoms with Crippen LogP contribution in [0.2, 0.25) is 0 Å². The number of ether oxygens (including phenoxy) is 1. The predicted molar refractivity (Wildman–Crippen MR) is 391 cm³/mol. The molecule has 442 valence electrons. The average molecular weight is 1190 g/mol. The van der Waals surface area contributed by atoms with E-state index in [1.54, 1.807) is 0 Å². The van der Waals surface area contributed by atoms with Crippen LogP contribution in [0.1, 0.15) is 99.2 Å². The highest BCUT2D eigenvalue weighted by atomic mass is 16.5. The lowest BCUT2D eigenvalue weighted by molar-refractivity contribution is 0.486. The Labute approximate surface area is 543 Å². The molecule has 13 aromatic carbocycles. The molecule has 4 heterocycles. The molecule has 2 aromatic heterocycles. The van der Waals surface area contributed by atoms with Crippen molar-refractivity contribution < 1.29 is 4.74 Å². The highest BCUT2D eigenvalue weighted by molar-refractivity contribution is 6.99. The van der Waals surface area contributed by atoms with Gasteiger partial charge < -0.3 is 13.9 Å². The van der Waals surface area contributed by atoms with Crippen LogP contribution < -0.4 is 21.1 Å². The van der Waals surface area contributed by atoms with Gasteiger partial charge in [0.05, 0.1) is 33.2 Å². The van der Waals surface area contributed by atoms with Gasteiger partial charge in [0.2, 0.25) is 0 Å². The summed E-state index contributed by atoms with van der Waals surface area (Å²) < 4.78 is 13.1. The first kappa shape index (κ1) is 54.1. The summed E-state index contributed by atoms with van der Waals surface area (Å²) in [7, 11) is 0. The fourth-order valence-corrected chi connectivity index (χ4v) is 17.5. The van der Waals surface area contributed by atoms with E-state index in [1.807, 2.05) is 0 Å². The summed E-state index contributed by atoms with van der Waals surface area (Å²) in [5.74, 6) is 2.41. The Bertz CT molecular complexity index is 5620. The van der Waals surface area contributed by atoms with Crippen molar-refractivity contribution in [3.63, 3.8) is 0 Å². The van der Waals surface area contributed by atoms with Crippen molar-refractivity contribution in [2.45, 2.75) is 71.1 Å². The number of hydrogen-bond donors (Lipinski definition) is 0. The molecule has 0 N–H and O–H groups in total. The SMILES string of the molecule is CC(C)c1cccc(C(C)C)c1-c1cc2c3c(c1)-n1c4ccccc4c4c1c(cc1c5ccccc5n(-c5cc(-c6ccccc6)c(-c6ccc(C(C)(C)C)cc6)cc5-c5ccccc5)c14)B3c1cc3c(cc1O2)C1(c2ccccc2-c2ccccc21)c1ccccc1-3. The maximum Gasteiger partial charge on any atom is 0.256 e. The molecule has 0 unspecified atom stereocenters. The zero-order valence-corrected chi connectivity index (χ0v) is 53.4. The molecule has 4 aliphatic rings. The summed E-state index contributed by atoms with van der Waals surface area (Å²) >= 11 is 0. The summed E-state index contributed by atoms with van der Waals surface area (Å²) in [5.41, 5.74) is 34.2. The third kappa shape index (κ3) is 7.44. The van der Waals surface area contributed by atoms with Gasteiger partial charge in [0.15, 0.2) is 0 Å². The number of fused-ring (bicyclic) bond motifs is 21. The van der Waals surface area contributed by atoms with E-state index in [2.05, 4.69) is 325 Å². The zero-order chi connectivity index (χ0) is 62.3. The molecule has 4 heteroatoms. The minimum absolute atomic E-state index is 0.0221. The van der Waals surface area contributed by atoms with Gasteiger partial charge in [-0.3, -0.25) is 0 Å². The third-order valence-electron chi connectivity index (χ3n) is 21.5. The van der Waals surface area contributed by atoms with Gasteiger partial charge in [-0.1, -0.05) is 273 Å². The topological polar surface area (TPSA) is 19.1 Å². The summed E-state index contributed by atoms with van der Waals surface area (Å²) in [6, 6.07) is 102. The molecular weight excluding hydrogens is 1120 g/mol. The number of hydrogen-bond acceptors (Lipinski definition) is 1. The first-order chi connectivity index (χ1) is 45.4. The van der Waals surface area contributed by atoms with E-state index in [4.69, 9.17) is 4.74 Å². The predicted octanol–water partition coefficient (Wildman–Crippen LogP) is 21.4. The van der Waals surface area contributed by atoms with Crippen LogP contribution in [-0.2, 0) is 10.8 Å². The zero-order valence-electron chi connectivity index (χ0n) is 53.4. The van der Waals surface area contributed by atoms with Crippen molar-refractivity contribution in [2.24, 2.45) is 0 Å². The molecule has 0 radical (unpaired) electrons. The van der Waals surface area contributed by atoms with E-state index in [9.17, 15) is 0 Å². The first-order valence-corrected chi connectivity index (χ1v) is 33.3. The fourth-order valence-electron chi connectivity index (χ4n) is 17.5. The van der Waals surface area contributed by atoms with Crippen LogP contribution in [0.25, 0.3) is 122 Å². The van der Waals surface area contributed by atoms with Crippen molar-refractivity contribution in [3.05, 3.63) is 306 Å². The van der Waals surface area contributed by atoms with Crippen LogP contribution in [0.4, 0.5) is 0 Å². The monoisotopic (exact) mass is 1190 g/mol. The van der Waals surface area contributed by atoms with Gasteiger partial charge in [-0.25, -0.2) is 0 Å². The van der Waals surface area contributed by atoms with Gasteiger partial charge >= 0.3 is 0 Å². The van der Waals surface area contributed by atoms with Crippen molar-refractivity contribution >= 4 is 66.7 Å². The second-order valence-electron chi connectivity index (χ2n) is 28.2. The average Bonchev–Trinajstić information content (AvgIpc) is 1.54. The molecule has 0 saturated carbocycles. The van der Waals surface area contributed by atoms with E-state index in [-0.39, 0.29) is 12.1 Å². The van der Waals surface area contributed by atoms with Gasteiger partial charge in [-0.2, -0.15) is 0 Å². The van der Waals surface area contributed by atoms with E-state index in [1.165, 1.54) is 160 Å². The van der Waals surface area contributed by atoms with Crippen LogP contribution in [0.15, 0.2) is 267 Å². The molecule has 2 aliphatic heterocycles. The molecule has 0 atom stereocenters. The summed E-state index contributed by atoms with van der Waals surface area (Å²) in [6.45, 7) is 16.1. The number of aromatic nitrogens is 2. The lowest BCUT2D eigenvalue weighted by Gasteiger charge is -2.36. The van der Waals surface area contributed by atoms with Crippen LogP contribution >= 0.6 is 0 Å². The van der Waals surface area contributed by atoms with Gasteiger partial charge in [0.1, 0.15) is 11.5 Å². The lowest BCUT2D eigenvalue weighted by atomic mass is 9.34. The largest absolute Gasteiger partial charge is 0.458 e. The Hall–Kier alpha value is -10.7. The highest BCUT2D eigenvalue weighted by Crippen LogP contribution is 2.63. The molecule has 1 spiro atoms. The number of rotatable bonds is 7. The Balaban J connectivity index is 0.957. The minimum Gasteiger partial charge on any atom is -0.458 e. The third-order valence-corrected chi connectivity index (χ3v) is 21.5. The van der Waals surface area contributed by atoms with Crippen molar-refractivity contribution in [2.75, 3.05) is 0 Å². The number of nitrogens with zero attached hydrogens (tertiary/aromatic N) is 2. The lowest BCUT2D eigenvalue weighted by Crippen LogP contribution is -2.58. The van der Waals surface area contributed by atoms with Crippen LogP contribution in [0.3, 0.4) is 0 Å². The van der Waals surface area contributed by atoms with Gasteiger partial charge in [-0.05, 0) is 176 Å². The molecule has 3 nitrogen and oxygen atoms in total. The second-order valence-corrected chi connectivity index (χ2v) is 28.2. The summed E-state index contributed by atoms with van der Waals surface area (Å²) in [4.78, 5) is 0. The number of para-hydroxylation sites is 2. The Morgan fingerprint density at radius 2 is 0.892 bits per heavy atom. The van der Waals surface area contributed by atoms with E-state index in [0.29, 0.717) is 11.8 Å². The molecule has 0 amide bonds. The van der Waals surface area contributed by atoms with Crippen LogP contribution in [-0.4, -0.2) is 15.8 Å². The standard InChI is InChI=1S/C89H67BN2O/c1-52(2)59-34-24-35-60(53(3)4)83(59)57-45-80-85-82(46-57)93-81-51-74-69(63-31-16-21-38-73(63)89(74)71-36-19-14-29-61(71)62-30-15-20-37-72(62)89)48-75(81)90(85)76-49-70-64-32-17-22-39-77(64)91(86(70)84-65-33-18-23-40-78(65)92(80)87(76)84)79-50-67(54-25-10-8-11-26-54)66(47-68(79)55-27-12-9-13-28-55)56-41-43-58(44-42-56)88(5,6)7/h8-53H,1-7H3. The molecule has 93 heavy (non-hydrogen) atoms. The van der Waals surface area contributed by atoms with Crippen molar-refractivity contribution in [1.29, 1.82) is 0 Å². The first-order valence-electron chi connectivity index (χ1n) is 33.3. The smallest absolute Gasteiger partial charge is 0.256 e. The van der Waals surface area contributed by atoms with E-state index < -0.39 is 5.41 Å². The maximum absolute atomic E-state index is 7.86. The normalized spacial score (nSPS) is 13.7. The molecule has 15 aromatic rings. The van der Waals surface area contributed by atoms with E-state index in [0.717, 1.165) is 28.3 Å². The summed E-state index contributed by atoms with van der Waals surface area (Å²) in [5, 5.41) is 4.91. The fraction of sp³-hybridized carbons (Fsp3) is 0.124. The molecular formula is C89H67BN2O. The molecule has 19 rings (SSSR count). The Kier molecular flexibility index (Phi) is 11.4. The summed E-state index contributed by atoms with van der Waals surface area (Å²) in [6.07, 6.45) is 0. The van der Waals surface area contributed by atoms with Gasteiger partial charge in [0.25, 0.3) is 6.71 Å². The minimum atomic E-state index is -0.534. The maximum atomic E-state index is 7.86. The molecule has 0 fully saturated rings. The Morgan fingerprint density at radius 3 is 1.52 bits per heavy atom. The second kappa shape index (κ2) is 19.7. The quantitative estimate of drug-likeness (QED) is 0.146. The Morgan fingerprint density at radius 1 is 0.366 bits per heavy atom. The van der Waals surface area contributed by atoms with Crippen molar-refractivity contribution in [3.8, 4) is 89.6 Å². The van der Waals surface area contributed by atoms with Gasteiger partial charge in [-0.15, -0.1) is 0 Å². The molecule has 0 saturated heterocycles. The van der Waals surface area contributed by atoms with E-state index >= 15 is 0 Å². The number of benzene rings is 13. The molecule has 0 bridgehead atoms.